The minimum atomic E-state index is -4.46. The summed E-state index contributed by atoms with van der Waals surface area (Å²) in [7, 11) is 0. The summed E-state index contributed by atoms with van der Waals surface area (Å²) >= 11 is 0. The monoisotopic (exact) mass is 270 g/mol. The molecule has 0 saturated carbocycles. The molecule has 0 aliphatic carbocycles. The molecular weight excluding hydrogens is 261 g/mol. The van der Waals surface area contributed by atoms with Crippen LogP contribution in [0.5, 0.6) is 0 Å². The number of nitrogen functional groups attached to an aromatic ring is 1. The van der Waals surface area contributed by atoms with Gasteiger partial charge in [-0.05, 0) is 24.3 Å². The number of halogens is 3. The van der Waals surface area contributed by atoms with Crippen LogP contribution in [0.25, 0.3) is 5.69 Å². The fourth-order valence-electron chi connectivity index (χ4n) is 1.53. The van der Waals surface area contributed by atoms with E-state index in [4.69, 9.17) is 11.5 Å². The summed E-state index contributed by atoms with van der Waals surface area (Å²) in [6, 6.07) is 4.22. The molecule has 0 radical (unpaired) electrons. The van der Waals surface area contributed by atoms with Gasteiger partial charge in [0.15, 0.2) is 0 Å². The number of rotatable bonds is 2. The molecule has 100 valence electrons. The standard InChI is InChI=1S/C11H9F3N4O/c12-11(13,14)6-1-2-9(7(15)5-6)18-4-3-8(17-18)10(16)19/h1-5H,15H2,(H2,16,19). The van der Waals surface area contributed by atoms with Gasteiger partial charge in [0.1, 0.15) is 5.69 Å². The number of nitrogens with two attached hydrogens (primary N) is 2. The predicted octanol–water partition coefficient (Wildman–Crippen LogP) is 1.57. The second-order valence-electron chi connectivity index (χ2n) is 3.78. The van der Waals surface area contributed by atoms with Gasteiger partial charge in [-0.15, -0.1) is 0 Å². The Morgan fingerprint density at radius 2 is 1.95 bits per heavy atom. The smallest absolute Gasteiger partial charge is 0.397 e. The van der Waals surface area contributed by atoms with Crippen molar-refractivity contribution in [3.63, 3.8) is 0 Å². The number of carbonyl (C=O) groups excluding carboxylic acids is 1. The Hall–Kier alpha value is -2.51. The molecule has 8 heteroatoms. The van der Waals surface area contributed by atoms with E-state index in [1.54, 1.807) is 0 Å². The molecule has 0 fully saturated rings. The molecule has 1 aromatic heterocycles. The lowest BCUT2D eigenvalue weighted by Gasteiger charge is -2.10. The fourth-order valence-corrected chi connectivity index (χ4v) is 1.53. The molecule has 19 heavy (non-hydrogen) atoms. The molecule has 1 aromatic carbocycles. The number of hydrogen-bond acceptors (Lipinski definition) is 3. The summed E-state index contributed by atoms with van der Waals surface area (Å²) in [5.74, 6) is -0.732. The molecule has 4 N–H and O–H groups in total. The van der Waals surface area contributed by atoms with Crippen LogP contribution in [0.4, 0.5) is 18.9 Å². The topological polar surface area (TPSA) is 86.9 Å². The first-order valence-corrected chi connectivity index (χ1v) is 5.11. The van der Waals surface area contributed by atoms with Crippen LogP contribution in [-0.4, -0.2) is 15.7 Å². The van der Waals surface area contributed by atoms with Gasteiger partial charge in [0.25, 0.3) is 5.91 Å². The van der Waals surface area contributed by atoms with E-state index in [1.807, 2.05) is 0 Å². The average molecular weight is 270 g/mol. The van der Waals surface area contributed by atoms with Gasteiger partial charge in [-0.3, -0.25) is 4.79 Å². The van der Waals surface area contributed by atoms with Crippen molar-refractivity contribution in [3.05, 3.63) is 41.7 Å². The van der Waals surface area contributed by atoms with Gasteiger partial charge >= 0.3 is 6.18 Å². The number of carbonyl (C=O) groups is 1. The van der Waals surface area contributed by atoms with Crippen molar-refractivity contribution in [2.24, 2.45) is 5.73 Å². The highest BCUT2D eigenvalue weighted by atomic mass is 19.4. The third-order valence-electron chi connectivity index (χ3n) is 2.44. The first-order valence-electron chi connectivity index (χ1n) is 5.11. The lowest BCUT2D eigenvalue weighted by molar-refractivity contribution is -0.137. The van der Waals surface area contributed by atoms with Crippen molar-refractivity contribution in [3.8, 4) is 5.69 Å². The number of hydrogen-bond donors (Lipinski definition) is 2. The molecule has 0 atom stereocenters. The van der Waals surface area contributed by atoms with Crippen LogP contribution < -0.4 is 11.5 Å². The lowest BCUT2D eigenvalue weighted by atomic mass is 10.1. The number of primary amides is 1. The minimum Gasteiger partial charge on any atom is -0.397 e. The van der Waals surface area contributed by atoms with Crippen molar-refractivity contribution >= 4 is 11.6 Å². The van der Waals surface area contributed by atoms with Gasteiger partial charge in [-0.2, -0.15) is 18.3 Å². The third kappa shape index (κ3) is 2.51. The molecule has 5 nitrogen and oxygen atoms in total. The van der Waals surface area contributed by atoms with Gasteiger partial charge in [-0.25, -0.2) is 4.68 Å². The summed E-state index contributed by atoms with van der Waals surface area (Å²) < 4.78 is 38.6. The van der Waals surface area contributed by atoms with Gasteiger partial charge in [0.05, 0.1) is 16.9 Å². The van der Waals surface area contributed by atoms with Crippen LogP contribution in [0.15, 0.2) is 30.5 Å². The van der Waals surface area contributed by atoms with E-state index in [0.29, 0.717) is 0 Å². The first kappa shape index (κ1) is 12.9. The van der Waals surface area contributed by atoms with Gasteiger partial charge in [0, 0.05) is 6.20 Å². The molecule has 0 aliphatic heterocycles. The highest BCUT2D eigenvalue weighted by molar-refractivity contribution is 5.90. The molecule has 1 amide bonds. The second-order valence-corrected chi connectivity index (χ2v) is 3.78. The van der Waals surface area contributed by atoms with Crippen molar-refractivity contribution in [2.75, 3.05) is 5.73 Å². The molecule has 2 rings (SSSR count). The maximum absolute atomic E-state index is 12.5. The Labute approximate surface area is 105 Å². The van der Waals surface area contributed by atoms with E-state index < -0.39 is 17.6 Å². The molecule has 0 saturated heterocycles. The summed E-state index contributed by atoms with van der Waals surface area (Å²) in [5.41, 5.74) is 9.87. The van der Waals surface area contributed by atoms with E-state index in [-0.39, 0.29) is 17.1 Å². The minimum absolute atomic E-state index is 0.000650. The van der Waals surface area contributed by atoms with E-state index in [2.05, 4.69) is 5.10 Å². The number of amides is 1. The van der Waals surface area contributed by atoms with Crippen molar-refractivity contribution in [1.29, 1.82) is 0 Å². The van der Waals surface area contributed by atoms with Crippen LogP contribution in [-0.2, 0) is 6.18 Å². The van der Waals surface area contributed by atoms with Crippen LogP contribution in [0.2, 0.25) is 0 Å². The molecule has 0 bridgehead atoms. The van der Waals surface area contributed by atoms with E-state index in [9.17, 15) is 18.0 Å². The zero-order valence-corrected chi connectivity index (χ0v) is 9.48. The van der Waals surface area contributed by atoms with E-state index in [1.165, 1.54) is 23.0 Å². The number of benzene rings is 1. The van der Waals surface area contributed by atoms with Crippen molar-refractivity contribution in [2.45, 2.75) is 6.18 Å². The van der Waals surface area contributed by atoms with Crippen LogP contribution in [0, 0.1) is 0 Å². The summed E-state index contributed by atoms with van der Waals surface area (Å²) in [5, 5.41) is 3.81. The molecule has 1 heterocycles. The Bertz CT molecular complexity index is 633. The largest absolute Gasteiger partial charge is 0.416 e. The van der Waals surface area contributed by atoms with Crippen LogP contribution in [0.1, 0.15) is 16.1 Å². The Morgan fingerprint density at radius 1 is 1.26 bits per heavy atom. The predicted molar refractivity (Wildman–Crippen MR) is 61.5 cm³/mol. The number of alkyl halides is 3. The molecule has 2 aromatic rings. The van der Waals surface area contributed by atoms with Gasteiger partial charge in [0.2, 0.25) is 0 Å². The normalized spacial score (nSPS) is 11.5. The number of nitrogens with zero attached hydrogens (tertiary/aromatic N) is 2. The summed E-state index contributed by atoms with van der Waals surface area (Å²) in [6.45, 7) is 0. The zero-order chi connectivity index (χ0) is 14.2. The second kappa shape index (κ2) is 4.30. The van der Waals surface area contributed by atoms with Gasteiger partial charge < -0.3 is 11.5 Å². The molecule has 0 unspecified atom stereocenters. The van der Waals surface area contributed by atoms with Gasteiger partial charge in [-0.1, -0.05) is 0 Å². The van der Waals surface area contributed by atoms with Crippen LogP contribution in [0.3, 0.4) is 0 Å². The maximum atomic E-state index is 12.5. The first-order chi connectivity index (χ1) is 8.79. The summed E-state index contributed by atoms with van der Waals surface area (Å²) in [4.78, 5) is 10.9. The quantitative estimate of drug-likeness (QED) is 0.812. The maximum Gasteiger partial charge on any atom is 0.416 e. The lowest BCUT2D eigenvalue weighted by Crippen LogP contribution is -2.13. The SMILES string of the molecule is NC(=O)c1ccn(-c2ccc(C(F)(F)F)cc2N)n1. The van der Waals surface area contributed by atoms with Crippen LogP contribution >= 0.6 is 0 Å². The number of anilines is 1. The zero-order valence-electron chi connectivity index (χ0n) is 9.48. The highest BCUT2D eigenvalue weighted by Gasteiger charge is 2.30. The Kier molecular flexibility index (Phi) is 2.93. The average Bonchev–Trinajstić information content (AvgIpc) is 2.76. The van der Waals surface area contributed by atoms with Crippen molar-refractivity contribution in [1.82, 2.24) is 9.78 Å². The summed E-state index contributed by atoms with van der Waals surface area (Å²) in [6.07, 6.45) is -3.08. The van der Waals surface area contributed by atoms with E-state index >= 15 is 0 Å². The number of aromatic nitrogens is 2. The fraction of sp³-hybridized carbons (Fsp3) is 0.0909. The molecular formula is C11H9F3N4O. The Morgan fingerprint density at radius 3 is 2.42 bits per heavy atom. The third-order valence-corrected chi connectivity index (χ3v) is 2.44. The molecule has 0 aliphatic rings. The molecule has 0 spiro atoms. The van der Waals surface area contributed by atoms with E-state index in [0.717, 1.165) is 12.1 Å². The Balaban J connectivity index is 2.43. The highest BCUT2D eigenvalue weighted by Crippen LogP contribution is 2.32. The van der Waals surface area contributed by atoms with Crippen molar-refractivity contribution < 1.29 is 18.0 Å².